The van der Waals surface area contributed by atoms with Crippen LogP contribution in [0.15, 0.2) is 12.7 Å². The second-order valence-corrected chi connectivity index (χ2v) is 2.63. The van der Waals surface area contributed by atoms with E-state index in [9.17, 15) is 4.55 Å². The lowest BCUT2D eigenvalue weighted by atomic mass is 10.8. The molecular formula is C5H12OS. The lowest BCUT2D eigenvalue weighted by Gasteiger charge is -1.87. The van der Waals surface area contributed by atoms with Gasteiger partial charge in [0.25, 0.3) is 0 Å². The average molecular weight is 120 g/mol. The molecule has 0 saturated heterocycles. The first-order valence-electron chi connectivity index (χ1n) is 1.97. The van der Waals surface area contributed by atoms with E-state index in [0.29, 0.717) is 0 Å². The molecule has 0 radical (unpaired) electrons. The normalized spacial score (nSPS) is 7.00. The van der Waals surface area contributed by atoms with E-state index in [-0.39, 0.29) is 0 Å². The summed E-state index contributed by atoms with van der Waals surface area (Å²) in [4.78, 5) is 0. The number of hydrogen-bond donors (Lipinski definition) is 0. The molecule has 0 aliphatic heterocycles. The van der Waals surface area contributed by atoms with Gasteiger partial charge < -0.3 is 4.55 Å². The molecule has 0 spiro atoms. The van der Waals surface area contributed by atoms with Gasteiger partial charge in [0, 0.05) is 0 Å². The van der Waals surface area contributed by atoms with Crippen LogP contribution in [-0.2, 0) is 11.2 Å². The lowest BCUT2D eigenvalue weighted by Crippen LogP contribution is -1.86. The highest BCUT2D eigenvalue weighted by Crippen LogP contribution is 1.61. The third-order valence-electron chi connectivity index (χ3n) is 0. The minimum atomic E-state index is -0.611. The molecule has 7 heavy (non-hydrogen) atoms. The summed E-state index contributed by atoms with van der Waals surface area (Å²) in [6.45, 7) is 5.25. The zero-order chi connectivity index (χ0) is 6.28. The fourth-order valence-electron chi connectivity index (χ4n) is 0. The van der Waals surface area contributed by atoms with Crippen molar-refractivity contribution in [3.8, 4) is 0 Å². The van der Waals surface area contributed by atoms with E-state index in [1.165, 1.54) is 0 Å². The quantitative estimate of drug-likeness (QED) is 0.348. The van der Waals surface area contributed by atoms with Gasteiger partial charge in [0.05, 0.1) is 12.5 Å². The van der Waals surface area contributed by atoms with Gasteiger partial charge in [-0.25, -0.2) is 0 Å². The Bertz CT molecular complexity index is 32.3. The molecule has 0 aliphatic carbocycles. The Morgan fingerprint density at radius 1 is 1.57 bits per heavy atom. The highest BCUT2D eigenvalue weighted by Gasteiger charge is 1.66. The van der Waals surface area contributed by atoms with Crippen LogP contribution in [0.5, 0.6) is 0 Å². The van der Waals surface area contributed by atoms with Gasteiger partial charge in [-0.15, -0.1) is 6.58 Å². The molecule has 0 bridgehead atoms. The van der Waals surface area contributed by atoms with Crippen LogP contribution >= 0.6 is 0 Å². The van der Waals surface area contributed by atoms with Gasteiger partial charge in [0.1, 0.15) is 0 Å². The molecule has 0 unspecified atom stereocenters. The molecule has 0 aromatic rings. The molecule has 0 amide bonds. The Balaban J connectivity index is 0. The zero-order valence-electron chi connectivity index (χ0n) is 5.10. The van der Waals surface area contributed by atoms with Crippen molar-refractivity contribution in [2.45, 2.75) is 6.92 Å². The molecule has 0 rings (SSSR count). The first-order valence-corrected chi connectivity index (χ1v) is 3.94. The van der Waals surface area contributed by atoms with Gasteiger partial charge in [0.2, 0.25) is 0 Å². The Morgan fingerprint density at radius 3 is 1.57 bits per heavy atom. The third kappa shape index (κ3) is 39700. The van der Waals surface area contributed by atoms with Crippen LogP contribution in [0.4, 0.5) is 0 Å². The molecular weight excluding hydrogens is 108 g/mol. The standard InChI is InChI=1S/C3H6.C2H6OS/c1-3-2;1-4(2)3/h3H,1H2,2H3;1-2H3. The zero-order valence-corrected chi connectivity index (χ0v) is 5.92. The van der Waals surface area contributed by atoms with Gasteiger partial charge in [-0.2, -0.15) is 0 Å². The molecule has 0 N–H and O–H groups in total. The minimum Gasteiger partial charge on any atom is -0.617 e. The average Bonchev–Trinajstić information content (AvgIpc) is 1.33. The van der Waals surface area contributed by atoms with Crippen LogP contribution in [0.3, 0.4) is 0 Å². The van der Waals surface area contributed by atoms with Crippen LogP contribution < -0.4 is 0 Å². The van der Waals surface area contributed by atoms with Crippen molar-refractivity contribution in [1.29, 1.82) is 0 Å². The SMILES string of the molecule is C=CC.C[S+](C)[O-]. The molecule has 0 saturated carbocycles. The maximum Gasteiger partial charge on any atom is 0.0946 e. The van der Waals surface area contributed by atoms with Crippen molar-refractivity contribution in [3.05, 3.63) is 12.7 Å². The van der Waals surface area contributed by atoms with E-state index in [2.05, 4.69) is 6.58 Å². The van der Waals surface area contributed by atoms with Crippen LogP contribution in [0.2, 0.25) is 0 Å². The van der Waals surface area contributed by atoms with E-state index in [4.69, 9.17) is 0 Å². The summed E-state index contributed by atoms with van der Waals surface area (Å²) in [7, 11) is 0. The van der Waals surface area contributed by atoms with E-state index < -0.39 is 11.2 Å². The predicted molar refractivity (Wildman–Crippen MR) is 35.9 cm³/mol. The number of allylic oxidation sites excluding steroid dienone is 1. The van der Waals surface area contributed by atoms with Gasteiger partial charge in [-0.05, 0) is 6.92 Å². The van der Waals surface area contributed by atoms with E-state index in [0.717, 1.165) is 0 Å². The molecule has 1 nitrogen and oxygen atoms in total. The van der Waals surface area contributed by atoms with E-state index in [1.807, 2.05) is 6.92 Å². The van der Waals surface area contributed by atoms with Crippen molar-refractivity contribution in [2.24, 2.45) is 0 Å². The molecule has 2 heteroatoms. The predicted octanol–water partition coefficient (Wildman–Crippen LogP) is 1.19. The van der Waals surface area contributed by atoms with Crippen LogP contribution in [0, 0.1) is 0 Å². The highest BCUT2D eigenvalue weighted by atomic mass is 32.2. The Labute approximate surface area is 48.6 Å². The van der Waals surface area contributed by atoms with Crippen molar-refractivity contribution < 1.29 is 4.55 Å². The molecule has 0 aromatic heterocycles. The van der Waals surface area contributed by atoms with Crippen molar-refractivity contribution in [2.75, 3.05) is 12.5 Å². The smallest absolute Gasteiger partial charge is 0.0946 e. The van der Waals surface area contributed by atoms with Crippen molar-refractivity contribution >= 4 is 11.2 Å². The summed E-state index contributed by atoms with van der Waals surface area (Å²) < 4.78 is 9.56. The summed E-state index contributed by atoms with van der Waals surface area (Å²) in [5.41, 5.74) is 0. The summed E-state index contributed by atoms with van der Waals surface area (Å²) in [6, 6.07) is 0. The first-order chi connectivity index (χ1) is 3.15. The maximum absolute atomic E-state index is 9.56. The molecule has 0 heterocycles. The fourth-order valence-corrected chi connectivity index (χ4v) is 0. The molecule has 0 fully saturated rings. The minimum absolute atomic E-state index is 0.611. The van der Waals surface area contributed by atoms with E-state index >= 15 is 0 Å². The topological polar surface area (TPSA) is 23.1 Å². The van der Waals surface area contributed by atoms with E-state index in [1.54, 1.807) is 18.6 Å². The largest absolute Gasteiger partial charge is 0.617 e. The molecule has 0 atom stereocenters. The van der Waals surface area contributed by atoms with Crippen molar-refractivity contribution in [1.82, 2.24) is 0 Å². The molecule has 44 valence electrons. The van der Waals surface area contributed by atoms with Crippen LogP contribution in [-0.4, -0.2) is 17.1 Å². The summed E-state index contributed by atoms with van der Waals surface area (Å²) in [6.07, 6.45) is 5.03. The van der Waals surface area contributed by atoms with Gasteiger partial charge in [-0.1, -0.05) is 17.3 Å². The van der Waals surface area contributed by atoms with Gasteiger partial charge in [-0.3, -0.25) is 0 Å². The summed E-state index contributed by atoms with van der Waals surface area (Å²) in [5, 5.41) is 0. The van der Waals surface area contributed by atoms with Crippen molar-refractivity contribution in [3.63, 3.8) is 0 Å². The lowest BCUT2D eigenvalue weighted by molar-refractivity contribution is 0.606. The number of hydrogen-bond acceptors (Lipinski definition) is 1. The molecule has 0 aromatic carbocycles. The highest BCUT2D eigenvalue weighted by molar-refractivity contribution is 7.89. The third-order valence-corrected chi connectivity index (χ3v) is 0. The van der Waals surface area contributed by atoms with Gasteiger partial charge >= 0.3 is 0 Å². The van der Waals surface area contributed by atoms with Gasteiger partial charge in [0.15, 0.2) is 0 Å². The Hall–Kier alpha value is 0.0500. The van der Waals surface area contributed by atoms with Crippen LogP contribution in [0.1, 0.15) is 6.92 Å². The Morgan fingerprint density at radius 2 is 1.57 bits per heavy atom. The molecule has 0 aliphatic rings. The second-order valence-electron chi connectivity index (χ2n) is 1.15. The Kier molecular flexibility index (Phi) is 13.6. The summed E-state index contributed by atoms with van der Waals surface area (Å²) >= 11 is -0.611. The second kappa shape index (κ2) is 9.41. The fraction of sp³-hybridized carbons (Fsp3) is 0.600. The summed E-state index contributed by atoms with van der Waals surface area (Å²) in [5.74, 6) is 0. The first kappa shape index (κ1) is 10.1. The monoisotopic (exact) mass is 120 g/mol. The maximum atomic E-state index is 9.56. The van der Waals surface area contributed by atoms with Crippen LogP contribution in [0.25, 0.3) is 0 Å². The number of rotatable bonds is 0.